The van der Waals surface area contributed by atoms with Gasteiger partial charge in [0.15, 0.2) is 0 Å². The van der Waals surface area contributed by atoms with Crippen LogP contribution in [0.15, 0.2) is 36.4 Å². The Labute approximate surface area is 166 Å². The van der Waals surface area contributed by atoms with Crippen molar-refractivity contribution in [3.05, 3.63) is 58.7 Å². The van der Waals surface area contributed by atoms with Crippen molar-refractivity contribution in [2.75, 3.05) is 26.9 Å². The van der Waals surface area contributed by atoms with Crippen LogP contribution in [0, 0.1) is 6.92 Å². The minimum atomic E-state index is -0.261. The van der Waals surface area contributed by atoms with Gasteiger partial charge >= 0.3 is 0 Å². The molecule has 3 rings (SSSR count). The van der Waals surface area contributed by atoms with Gasteiger partial charge in [0, 0.05) is 30.7 Å². The lowest BCUT2D eigenvalue weighted by Crippen LogP contribution is -2.45. The smallest absolute Gasteiger partial charge is 0.255 e. The van der Waals surface area contributed by atoms with E-state index in [1.54, 1.807) is 19.2 Å². The Morgan fingerprint density at radius 1 is 1.21 bits per heavy atom. The molecule has 1 saturated heterocycles. The predicted octanol–water partition coefficient (Wildman–Crippen LogP) is 3.75. The summed E-state index contributed by atoms with van der Waals surface area (Å²) in [7, 11) is 1.67. The third kappa shape index (κ3) is 4.14. The molecule has 0 unspecified atom stereocenters. The van der Waals surface area contributed by atoms with E-state index in [1.807, 2.05) is 25.1 Å². The summed E-state index contributed by atoms with van der Waals surface area (Å²) in [6, 6.07) is 11.3. The summed E-state index contributed by atoms with van der Waals surface area (Å²) >= 11 is 0. The Hall–Kier alpha value is -2.53. The quantitative estimate of drug-likeness (QED) is 0.797. The second-order valence-electron chi connectivity index (χ2n) is 7.48. The number of carbonyl (C=O) groups excluding carboxylic acids is 1. The minimum absolute atomic E-state index is 0.00358. The number of benzene rings is 2. The van der Waals surface area contributed by atoms with Gasteiger partial charge < -0.3 is 19.9 Å². The number of amides is 1. The number of carbonyl (C=O) groups is 1. The maximum absolute atomic E-state index is 12.8. The lowest BCUT2D eigenvalue weighted by molar-refractivity contribution is 0.0478. The van der Waals surface area contributed by atoms with Crippen LogP contribution < -0.4 is 10.1 Å². The highest BCUT2D eigenvalue weighted by Gasteiger charge is 2.37. The number of hydrogen-bond donors (Lipinski definition) is 2. The van der Waals surface area contributed by atoms with Crippen LogP contribution in [-0.2, 0) is 16.6 Å². The van der Waals surface area contributed by atoms with Crippen molar-refractivity contribution in [1.82, 2.24) is 5.32 Å². The van der Waals surface area contributed by atoms with Crippen LogP contribution in [0.4, 0.5) is 0 Å². The van der Waals surface area contributed by atoms with Crippen LogP contribution in [0.2, 0.25) is 0 Å². The Kier molecular flexibility index (Phi) is 6.25. The maximum atomic E-state index is 12.8. The van der Waals surface area contributed by atoms with Gasteiger partial charge in [0.25, 0.3) is 5.91 Å². The molecular formula is C23H29NO4. The summed E-state index contributed by atoms with van der Waals surface area (Å²) in [5.74, 6) is 0.576. The van der Waals surface area contributed by atoms with Crippen LogP contribution in [0.3, 0.4) is 0 Å². The average molecular weight is 383 g/mol. The van der Waals surface area contributed by atoms with Gasteiger partial charge in [-0.1, -0.05) is 30.7 Å². The van der Waals surface area contributed by atoms with Crippen molar-refractivity contribution in [3.63, 3.8) is 0 Å². The Bertz CT molecular complexity index is 840. The highest BCUT2D eigenvalue weighted by Crippen LogP contribution is 2.40. The van der Waals surface area contributed by atoms with Gasteiger partial charge in [-0.3, -0.25) is 4.79 Å². The van der Waals surface area contributed by atoms with E-state index >= 15 is 0 Å². The number of aromatic hydroxyl groups is 1. The Morgan fingerprint density at radius 2 is 1.96 bits per heavy atom. The summed E-state index contributed by atoms with van der Waals surface area (Å²) in [5.41, 5.74) is 3.33. The molecule has 1 aliphatic rings. The van der Waals surface area contributed by atoms with Gasteiger partial charge in [-0.15, -0.1) is 0 Å². The first kappa shape index (κ1) is 20.2. The highest BCUT2D eigenvalue weighted by atomic mass is 16.5. The number of ether oxygens (including phenoxy) is 2. The fourth-order valence-electron chi connectivity index (χ4n) is 3.87. The molecule has 1 heterocycles. The molecule has 0 bridgehead atoms. The zero-order valence-corrected chi connectivity index (χ0v) is 16.9. The van der Waals surface area contributed by atoms with Crippen LogP contribution >= 0.6 is 0 Å². The monoisotopic (exact) mass is 383 g/mol. The molecule has 0 spiro atoms. The molecular weight excluding hydrogens is 354 g/mol. The topological polar surface area (TPSA) is 67.8 Å². The van der Waals surface area contributed by atoms with E-state index in [0.29, 0.717) is 25.3 Å². The first-order valence-corrected chi connectivity index (χ1v) is 9.82. The zero-order valence-electron chi connectivity index (χ0n) is 16.9. The second-order valence-corrected chi connectivity index (χ2v) is 7.48. The van der Waals surface area contributed by atoms with Crippen LogP contribution in [0.5, 0.6) is 11.5 Å². The number of aryl methyl sites for hydroxylation is 2. The van der Waals surface area contributed by atoms with Crippen LogP contribution in [0.25, 0.3) is 0 Å². The summed E-state index contributed by atoms with van der Waals surface area (Å²) in [6.45, 7) is 5.83. The van der Waals surface area contributed by atoms with E-state index in [2.05, 4.69) is 18.3 Å². The van der Waals surface area contributed by atoms with Crippen molar-refractivity contribution in [3.8, 4) is 11.5 Å². The first-order chi connectivity index (χ1) is 13.5. The molecule has 1 fully saturated rings. The van der Waals surface area contributed by atoms with Crippen molar-refractivity contribution < 1.29 is 19.4 Å². The number of hydrogen-bond acceptors (Lipinski definition) is 4. The molecule has 0 aromatic heterocycles. The van der Waals surface area contributed by atoms with Crippen molar-refractivity contribution in [2.45, 2.75) is 38.5 Å². The third-order valence-corrected chi connectivity index (χ3v) is 5.68. The standard InChI is InChI=1S/C23H29NO4/c1-4-17-6-7-20(25)18(14-17)22(26)24-15-23(9-11-28-12-10-23)19-13-16(2)5-8-21(19)27-3/h5-8,13-14,25H,4,9-12,15H2,1-3H3,(H,24,26). The number of methoxy groups -OCH3 is 1. The summed E-state index contributed by atoms with van der Waals surface area (Å²) in [6.07, 6.45) is 2.41. The normalized spacial score (nSPS) is 15.8. The summed E-state index contributed by atoms with van der Waals surface area (Å²) in [4.78, 5) is 12.8. The molecule has 0 atom stereocenters. The average Bonchev–Trinajstić information content (AvgIpc) is 2.73. The maximum Gasteiger partial charge on any atom is 0.255 e. The van der Waals surface area contributed by atoms with Crippen LogP contribution in [-0.4, -0.2) is 37.9 Å². The Morgan fingerprint density at radius 3 is 2.64 bits per heavy atom. The van der Waals surface area contributed by atoms with E-state index < -0.39 is 0 Å². The lowest BCUT2D eigenvalue weighted by Gasteiger charge is -2.39. The van der Waals surface area contributed by atoms with Gasteiger partial charge in [0.2, 0.25) is 0 Å². The van der Waals surface area contributed by atoms with E-state index in [9.17, 15) is 9.90 Å². The second kappa shape index (κ2) is 8.65. The van der Waals surface area contributed by atoms with E-state index in [4.69, 9.17) is 9.47 Å². The largest absolute Gasteiger partial charge is 0.507 e. The van der Waals surface area contributed by atoms with Crippen molar-refractivity contribution in [2.24, 2.45) is 0 Å². The van der Waals surface area contributed by atoms with Gasteiger partial charge in [0.05, 0.1) is 12.7 Å². The zero-order chi connectivity index (χ0) is 20.1. The molecule has 5 heteroatoms. The molecule has 1 amide bonds. The fraction of sp³-hybridized carbons (Fsp3) is 0.435. The van der Waals surface area contributed by atoms with Crippen LogP contribution in [0.1, 0.15) is 46.8 Å². The fourth-order valence-corrected chi connectivity index (χ4v) is 3.87. The molecule has 1 aliphatic heterocycles. The molecule has 0 aliphatic carbocycles. The number of phenolic OH excluding ortho intramolecular Hbond substituents is 1. The van der Waals surface area contributed by atoms with E-state index in [-0.39, 0.29) is 17.1 Å². The highest BCUT2D eigenvalue weighted by molar-refractivity contribution is 5.97. The predicted molar refractivity (Wildman–Crippen MR) is 109 cm³/mol. The van der Waals surface area contributed by atoms with E-state index in [0.717, 1.165) is 41.7 Å². The number of nitrogens with one attached hydrogen (secondary N) is 1. The Balaban J connectivity index is 1.88. The molecule has 2 aromatic rings. The molecule has 28 heavy (non-hydrogen) atoms. The molecule has 0 radical (unpaired) electrons. The molecule has 5 nitrogen and oxygen atoms in total. The molecule has 0 saturated carbocycles. The van der Waals surface area contributed by atoms with Gasteiger partial charge in [0.1, 0.15) is 11.5 Å². The minimum Gasteiger partial charge on any atom is -0.507 e. The molecule has 2 N–H and O–H groups in total. The van der Waals surface area contributed by atoms with Gasteiger partial charge in [-0.05, 0) is 49.9 Å². The third-order valence-electron chi connectivity index (χ3n) is 5.68. The number of phenols is 1. The molecule has 2 aromatic carbocycles. The summed E-state index contributed by atoms with van der Waals surface area (Å²) in [5, 5.41) is 13.2. The molecule has 150 valence electrons. The SMILES string of the molecule is CCc1ccc(O)c(C(=O)NCC2(c3cc(C)ccc3OC)CCOCC2)c1. The number of rotatable bonds is 6. The van der Waals surface area contributed by atoms with Gasteiger partial charge in [-0.25, -0.2) is 0 Å². The van der Waals surface area contributed by atoms with E-state index in [1.165, 1.54) is 0 Å². The first-order valence-electron chi connectivity index (χ1n) is 9.82. The summed E-state index contributed by atoms with van der Waals surface area (Å²) < 4.78 is 11.2. The lowest BCUT2D eigenvalue weighted by atomic mass is 9.73. The van der Waals surface area contributed by atoms with Gasteiger partial charge in [-0.2, -0.15) is 0 Å². The van der Waals surface area contributed by atoms with Crippen molar-refractivity contribution in [1.29, 1.82) is 0 Å². The van der Waals surface area contributed by atoms with Crippen molar-refractivity contribution >= 4 is 5.91 Å².